The van der Waals surface area contributed by atoms with E-state index in [1.54, 1.807) is 24.5 Å². The Morgan fingerprint density at radius 1 is 1.35 bits per heavy atom. The lowest BCUT2D eigenvalue weighted by Crippen LogP contribution is -2.46. The maximum atomic E-state index is 13.0. The first-order valence-electron chi connectivity index (χ1n) is 8.97. The fraction of sp³-hybridized carbons (Fsp3) is 0.400. The lowest BCUT2D eigenvalue weighted by molar-refractivity contribution is -0.138. The van der Waals surface area contributed by atoms with E-state index in [0.717, 1.165) is 18.4 Å². The van der Waals surface area contributed by atoms with Crippen LogP contribution < -0.4 is 0 Å². The van der Waals surface area contributed by atoms with Crippen molar-refractivity contribution in [3.05, 3.63) is 54.1 Å². The minimum Gasteiger partial charge on any atom is -0.335 e. The Balaban J connectivity index is 1.99. The van der Waals surface area contributed by atoms with E-state index in [4.69, 9.17) is 5.26 Å². The van der Waals surface area contributed by atoms with E-state index in [2.05, 4.69) is 18.0 Å². The molecule has 2 aromatic rings. The number of imidazole rings is 1. The number of likely N-dealkylation sites (tertiary alicyclic amines) is 1. The zero-order chi connectivity index (χ0) is 18.5. The minimum absolute atomic E-state index is 0.0501. The van der Waals surface area contributed by atoms with Gasteiger partial charge in [-0.05, 0) is 30.5 Å². The molecule has 6 nitrogen and oxygen atoms in total. The van der Waals surface area contributed by atoms with Gasteiger partial charge in [0.2, 0.25) is 11.8 Å². The van der Waals surface area contributed by atoms with Crippen LogP contribution in [0.15, 0.2) is 43.0 Å². The Hall–Kier alpha value is -2.94. The van der Waals surface area contributed by atoms with Gasteiger partial charge in [-0.2, -0.15) is 5.26 Å². The highest BCUT2D eigenvalue weighted by atomic mass is 16.2. The van der Waals surface area contributed by atoms with Crippen molar-refractivity contribution >= 4 is 11.8 Å². The van der Waals surface area contributed by atoms with Crippen molar-refractivity contribution in [1.29, 1.82) is 5.26 Å². The van der Waals surface area contributed by atoms with Crippen LogP contribution in [0.4, 0.5) is 0 Å². The van der Waals surface area contributed by atoms with Gasteiger partial charge in [0.05, 0.1) is 23.6 Å². The Labute approximate surface area is 153 Å². The number of aromatic nitrogens is 2. The molecule has 2 heterocycles. The van der Waals surface area contributed by atoms with Crippen LogP contribution in [0.1, 0.15) is 54.6 Å². The first-order valence-corrected chi connectivity index (χ1v) is 8.97. The molecule has 2 unspecified atom stereocenters. The van der Waals surface area contributed by atoms with Crippen LogP contribution >= 0.6 is 0 Å². The number of carbonyl (C=O) groups excluding carboxylic acids is 2. The number of unbranched alkanes of at least 4 members (excludes halogenated alkanes) is 1. The van der Waals surface area contributed by atoms with Gasteiger partial charge in [-0.3, -0.25) is 14.2 Å². The number of hydrogen-bond donors (Lipinski definition) is 0. The van der Waals surface area contributed by atoms with Crippen molar-refractivity contribution in [2.45, 2.75) is 38.6 Å². The molecule has 134 valence electrons. The van der Waals surface area contributed by atoms with Crippen LogP contribution in [-0.2, 0) is 4.79 Å². The summed E-state index contributed by atoms with van der Waals surface area (Å²) in [5.41, 5.74) is 1.46. The second-order valence-electron chi connectivity index (χ2n) is 6.57. The molecule has 0 aliphatic carbocycles. The predicted molar refractivity (Wildman–Crippen MR) is 96.1 cm³/mol. The molecule has 1 aromatic carbocycles. The maximum Gasteiger partial charge on any atom is 0.237 e. The molecule has 0 spiro atoms. The van der Waals surface area contributed by atoms with Crippen molar-refractivity contribution in [2.75, 3.05) is 6.54 Å². The molecule has 1 fully saturated rings. The third-order valence-corrected chi connectivity index (χ3v) is 4.92. The first kappa shape index (κ1) is 17.9. The average Bonchev–Trinajstić information content (AvgIpc) is 3.21. The van der Waals surface area contributed by atoms with Gasteiger partial charge in [-0.15, -0.1) is 0 Å². The highest BCUT2D eigenvalue weighted by Crippen LogP contribution is 2.38. The molecule has 3 rings (SSSR count). The molecular weight excluding hydrogens is 328 g/mol. The molecule has 0 bridgehead atoms. The molecule has 26 heavy (non-hydrogen) atoms. The van der Waals surface area contributed by atoms with E-state index in [-0.39, 0.29) is 23.8 Å². The van der Waals surface area contributed by atoms with Gasteiger partial charge in [0.15, 0.2) is 0 Å². The highest BCUT2D eigenvalue weighted by Gasteiger charge is 2.40. The average molecular weight is 350 g/mol. The Morgan fingerprint density at radius 2 is 2.12 bits per heavy atom. The van der Waals surface area contributed by atoms with Gasteiger partial charge in [-0.1, -0.05) is 25.5 Å². The molecular formula is C20H22N4O2. The Bertz CT molecular complexity index is 805. The SMILES string of the molecule is CCCCN1C(=O)CCC(C(=O)n2ccnc2)C1c1ccc(C#N)cc1. The third kappa shape index (κ3) is 3.52. The van der Waals surface area contributed by atoms with Gasteiger partial charge in [-0.25, -0.2) is 4.98 Å². The second-order valence-corrected chi connectivity index (χ2v) is 6.57. The molecule has 2 atom stereocenters. The molecule has 0 saturated carbocycles. The molecule has 1 amide bonds. The number of piperidine rings is 1. The summed E-state index contributed by atoms with van der Waals surface area (Å²) in [6.07, 6.45) is 7.49. The topological polar surface area (TPSA) is 79.0 Å². The Morgan fingerprint density at radius 3 is 2.73 bits per heavy atom. The fourth-order valence-electron chi connectivity index (χ4n) is 3.55. The number of amides is 1. The molecule has 0 radical (unpaired) electrons. The van der Waals surface area contributed by atoms with Crippen molar-refractivity contribution in [1.82, 2.24) is 14.5 Å². The standard InChI is InChI=1S/C20H22N4O2/c1-2-3-11-24-18(25)9-8-17(20(26)23-12-10-22-14-23)19(24)16-6-4-15(13-21)5-7-16/h4-7,10,12,14,17,19H,2-3,8-9,11H2,1H3. The fourth-order valence-corrected chi connectivity index (χ4v) is 3.55. The van der Waals surface area contributed by atoms with Gasteiger partial charge in [0.1, 0.15) is 6.33 Å². The zero-order valence-corrected chi connectivity index (χ0v) is 14.8. The van der Waals surface area contributed by atoms with E-state index < -0.39 is 0 Å². The number of hydrogen-bond acceptors (Lipinski definition) is 4. The van der Waals surface area contributed by atoms with E-state index >= 15 is 0 Å². The smallest absolute Gasteiger partial charge is 0.237 e. The molecule has 1 aliphatic rings. The van der Waals surface area contributed by atoms with E-state index in [0.29, 0.717) is 24.9 Å². The largest absolute Gasteiger partial charge is 0.335 e. The second kappa shape index (κ2) is 7.96. The predicted octanol–water partition coefficient (Wildman–Crippen LogP) is 3.17. The number of benzene rings is 1. The first-order chi connectivity index (χ1) is 12.7. The van der Waals surface area contributed by atoms with Crippen molar-refractivity contribution in [3.63, 3.8) is 0 Å². The van der Waals surface area contributed by atoms with Crippen LogP contribution in [0.2, 0.25) is 0 Å². The summed E-state index contributed by atoms with van der Waals surface area (Å²) in [4.78, 5) is 31.4. The van der Waals surface area contributed by atoms with Gasteiger partial charge >= 0.3 is 0 Å². The molecule has 1 saturated heterocycles. The minimum atomic E-state index is -0.327. The van der Waals surface area contributed by atoms with Crippen LogP contribution in [-0.4, -0.2) is 32.8 Å². The molecule has 1 aromatic heterocycles. The van der Waals surface area contributed by atoms with Crippen molar-refractivity contribution < 1.29 is 9.59 Å². The van der Waals surface area contributed by atoms with E-state index in [1.807, 2.05) is 17.0 Å². The van der Waals surface area contributed by atoms with Crippen LogP contribution in [0.5, 0.6) is 0 Å². The summed E-state index contributed by atoms with van der Waals surface area (Å²) in [5, 5.41) is 9.04. The highest BCUT2D eigenvalue weighted by molar-refractivity contribution is 5.86. The number of rotatable bonds is 5. The quantitative estimate of drug-likeness (QED) is 0.829. The van der Waals surface area contributed by atoms with Gasteiger partial charge in [0.25, 0.3) is 0 Å². The normalized spacial score (nSPS) is 20.0. The third-order valence-electron chi connectivity index (χ3n) is 4.92. The van der Waals surface area contributed by atoms with Crippen molar-refractivity contribution in [3.8, 4) is 6.07 Å². The number of nitriles is 1. The van der Waals surface area contributed by atoms with Gasteiger partial charge < -0.3 is 4.90 Å². The summed E-state index contributed by atoms with van der Waals surface area (Å²) in [6.45, 7) is 2.72. The summed E-state index contributed by atoms with van der Waals surface area (Å²) in [7, 11) is 0. The maximum absolute atomic E-state index is 13.0. The Kier molecular flexibility index (Phi) is 5.47. The molecule has 6 heteroatoms. The van der Waals surface area contributed by atoms with E-state index in [9.17, 15) is 9.59 Å². The molecule has 1 aliphatic heterocycles. The lowest BCUT2D eigenvalue weighted by atomic mass is 9.83. The number of carbonyl (C=O) groups is 2. The van der Waals surface area contributed by atoms with Crippen LogP contribution in [0.25, 0.3) is 0 Å². The summed E-state index contributed by atoms with van der Waals surface area (Å²) in [5.74, 6) is -0.292. The lowest BCUT2D eigenvalue weighted by Gasteiger charge is -2.41. The molecule has 0 N–H and O–H groups in total. The van der Waals surface area contributed by atoms with Crippen LogP contribution in [0, 0.1) is 17.2 Å². The monoisotopic (exact) mass is 350 g/mol. The summed E-state index contributed by atoms with van der Waals surface area (Å²) < 4.78 is 1.50. The number of nitrogens with zero attached hydrogens (tertiary/aromatic N) is 4. The zero-order valence-electron chi connectivity index (χ0n) is 14.8. The van der Waals surface area contributed by atoms with Gasteiger partial charge in [0, 0.05) is 25.4 Å². The summed E-state index contributed by atoms with van der Waals surface area (Å²) in [6, 6.07) is 8.99. The van der Waals surface area contributed by atoms with E-state index in [1.165, 1.54) is 10.9 Å². The van der Waals surface area contributed by atoms with Crippen molar-refractivity contribution in [2.24, 2.45) is 5.92 Å². The summed E-state index contributed by atoms with van der Waals surface area (Å²) >= 11 is 0. The van der Waals surface area contributed by atoms with Crippen LogP contribution in [0.3, 0.4) is 0 Å².